The Morgan fingerprint density at radius 2 is 1.74 bits per heavy atom. The number of aliphatic imine (C=N–C) groups is 1. The quantitative estimate of drug-likeness (QED) is 0.261. The molecule has 35 heavy (non-hydrogen) atoms. The van der Waals surface area contributed by atoms with E-state index in [9.17, 15) is 9.59 Å². The maximum Gasteiger partial charge on any atom is 0.306 e. The lowest BCUT2D eigenvalue weighted by Gasteiger charge is -2.27. The molecule has 4 N–H and O–H groups in total. The second-order valence-electron chi connectivity index (χ2n) is 8.65. The van der Waals surface area contributed by atoms with Gasteiger partial charge in [-0.15, -0.1) is 12.4 Å². The number of carbonyl (C=O) groups excluding carboxylic acids is 2. The van der Waals surface area contributed by atoms with Gasteiger partial charge in [0.25, 0.3) is 0 Å². The number of methoxy groups -OCH3 is 1. The Balaban J connectivity index is 0.00000432. The molecule has 8 nitrogen and oxygen atoms in total. The normalized spacial score (nSPS) is 16.9. The lowest BCUT2D eigenvalue weighted by Crippen LogP contribution is -2.41. The number of likely N-dealkylation sites (tertiary alicyclic amines) is 1. The number of benzene rings is 2. The van der Waals surface area contributed by atoms with Crippen molar-refractivity contribution in [2.45, 2.75) is 32.1 Å². The third-order valence-corrected chi connectivity index (χ3v) is 6.18. The molecule has 1 aliphatic heterocycles. The van der Waals surface area contributed by atoms with E-state index in [-0.39, 0.29) is 37.3 Å². The molecule has 9 heteroatoms. The van der Waals surface area contributed by atoms with Gasteiger partial charge in [0.2, 0.25) is 5.91 Å². The number of carbonyl (C=O) groups is 2. The standard InChI is InChI=1S/C26H34N4O4.ClH/c1-33-23(31)18-26(19-34-22-11-9-21(10-12-22)13-15-29-25(27)28)14-17-30(24(26)32)16-5-8-20-6-3-2-4-7-20;/h2-4,6-7,9-12H,5,8,13-19H2,1H3,(H4,27,28,29);1H. The van der Waals surface area contributed by atoms with Crippen LogP contribution in [0.15, 0.2) is 59.6 Å². The van der Waals surface area contributed by atoms with Crippen molar-refractivity contribution in [2.24, 2.45) is 21.9 Å². The highest BCUT2D eigenvalue weighted by Crippen LogP contribution is 2.37. The summed E-state index contributed by atoms with van der Waals surface area (Å²) in [5.74, 6) is 0.273. The Morgan fingerprint density at radius 1 is 1.06 bits per heavy atom. The first-order chi connectivity index (χ1) is 16.4. The molecule has 1 aliphatic rings. The van der Waals surface area contributed by atoms with Crippen molar-refractivity contribution < 1.29 is 19.1 Å². The van der Waals surface area contributed by atoms with E-state index in [1.807, 2.05) is 47.4 Å². The zero-order valence-electron chi connectivity index (χ0n) is 20.2. The van der Waals surface area contributed by atoms with Gasteiger partial charge in [0, 0.05) is 19.6 Å². The number of hydrogen-bond donors (Lipinski definition) is 2. The van der Waals surface area contributed by atoms with E-state index < -0.39 is 11.4 Å². The third-order valence-electron chi connectivity index (χ3n) is 6.18. The average molecular weight is 503 g/mol. The number of guanidine groups is 1. The molecule has 0 bridgehead atoms. The summed E-state index contributed by atoms with van der Waals surface area (Å²) < 4.78 is 10.9. The number of nitrogens with two attached hydrogens (primary N) is 2. The summed E-state index contributed by atoms with van der Waals surface area (Å²) >= 11 is 0. The fraction of sp³-hybridized carbons (Fsp3) is 0.423. The Bertz CT molecular complexity index is 981. The number of aryl methyl sites for hydroxylation is 1. The van der Waals surface area contributed by atoms with E-state index in [0.29, 0.717) is 38.2 Å². The molecule has 1 saturated heterocycles. The summed E-state index contributed by atoms with van der Waals surface area (Å²) in [5.41, 5.74) is 12.1. The summed E-state index contributed by atoms with van der Waals surface area (Å²) in [6.45, 7) is 1.90. The molecular weight excluding hydrogens is 468 g/mol. The molecule has 0 spiro atoms. The van der Waals surface area contributed by atoms with Gasteiger partial charge < -0.3 is 25.8 Å². The van der Waals surface area contributed by atoms with Gasteiger partial charge in [0.15, 0.2) is 5.96 Å². The first kappa shape index (κ1) is 28.0. The molecule has 2 aromatic rings. The highest BCUT2D eigenvalue weighted by Gasteiger charge is 2.49. The minimum Gasteiger partial charge on any atom is -0.492 e. The minimum absolute atomic E-state index is 0. The van der Waals surface area contributed by atoms with Gasteiger partial charge in [0.05, 0.1) is 18.9 Å². The van der Waals surface area contributed by atoms with Crippen molar-refractivity contribution in [1.29, 1.82) is 0 Å². The van der Waals surface area contributed by atoms with Gasteiger partial charge in [-0.3, -0.25) is 14.6 Å². The third kappa shape index (κ3) is 8.17. The molecule has 2 aromatic carbocycles. The van der Waals surface area contributed by atoms with Crippen LogP contribution < -0.4 is 16.2 Å². The summed E-state index contributed by atoms with van der Waals surface area (Å²) in [6, 6.07) is 17.8. The maximum atomic E-state index is 13.4. The lowest BCUT2D eigenvalue weighted by molar-refractivity contribution is -0.150. The van der Waals surface area contributed by atoms with E-state index >= 15 is 0 Å². The first-order valence-electron chi connectivity index (χ1n) is 11.6. The molecule has 0 aliphatic carbocycles. The molecule has 1 amide bonds. The Hall–Kier alpha value is -3.26. The van der Waals surface area contributed by atoms with Crippen LogP contribution in [0.4, 0.5) is 0 Å². The van der Waals surface area contributed by atoms with Gasteiger partial charge in [0.1, 0.15) is 12.4 Å². The smallest absolute Gasteiger partial charge is 0.306 e. The van der Waals surface area contributed by atoms with E-state index in [1.54, 1.807) is 0 Å². The molecule has 190 valence electrons. The van der Waals surface area contributed by atoms with Crippen LogP contribution in [0.1, 0.15) is 30.4 Å². The monoisotopic (exact) mass is 502 g/mol. The topological polar surface area (TPSA) is 120 Å². The number of hydrogen-bond acceptors (Lipinski definition) is 5. The second-order valence-corrected chi connectivity index (χ2v) is 8.65. The van der Waals surface area contributed by atoms with Gasteiger partial charge in [-0.25, -0.2) is 0 Å². The van der Waals surface area contributed by atoms with Crippen LogP contribution in [0.25, 0.3) is 0 Å². The number of nitrogens with zero attached hydrogens (tertiary/aromatic N) is 2. The predicted octanol–water partition coefficient (Wildman–Crippen LogP) is 2.72. The Labute approximate surface area is 213 Å². The van der Waals surface area contributed by atoms with Crippen molar-refractivity contribution in [2.75, 3.05) is 33.4 Å². The van der Waals surface area contributed by atoms with Crippen molar-refractivity contribution in [3.05, 3.63) is 65.7 Å². The molecular formula is C26H35ClN4O4. The minimum atomic E-state index is -0.911. The highest BCUT2D eigenvalue weighted by molar-refractivity contribution is 5.89. The van der Waals surface area contributed by atoms with E-state index in [4.69, 9.17) is 20.9 Å². The Morgan fingerprint density at radius 3 is 2.40 bits per heavy atom. The molecule has 1 fully saturated rings. The van der Waals surface area contributed by atoms with Crippen LogP contribution >= 0.6 is 12.4 Å². The fourth-order valence-corrected chi connectivity index (χ4v) is 4.21. The number of rotatable bonds is 12. The number of ether oxygens (including phenoxy) is 2. The summed E-state index contributed by atoms with van der Waals surface area (Å²) in [5, 5.41) is 0. The van der Waals surface area contributed by atoms with Gasteiger partial charge in [-0.1, -0.05) is 42.5 Å². The maximum absolute atomic E-state index is 13.4. The largest absolute Gasteiger partial charge is 0.492 e. The van der Waals surface area contributed by atoms with Crippen LogP contribution in [-0.2, 0) is 27.2 Å². The van der Waals surface area contributed by atoms with Gasteiger partial charge in [-0.2, -0.15) is 0 Å². The van der Waals surface area contributed by atoms with Gasteiger partial charge >= 0.3 is 5.97 Å². The fourth-order valence-electron chi connectivity index (χ4n) is 4.21. The van der Waals surface area contributed by atoms with Crippen LogP contribution in [-0.4, -0.2) is 56.1 Å². The van der Waals surface area contributed by atoms with Crippen molar-refractivity contribution >= 4 is 30.2 Å². The molecule has 0 saturated carbocycles. The summed E-state index contributed by atoms with van der Waals surface area (Å²) in [6.07, 6.45) is 3.05. The zero-order valence-corrected chi connectivity index (χ0v) is 21.0. The van der Waals surface area contributed by atoms with E-state index in [2.05, 4.69) is 17.1 Å². The first-order valence-corrected chi connectivity index (χ1v) is 11.6. The highest BCUT2D eigenvalue weighted by atomic mass is 35.5. The van der Waals surface area contributed by atoms with Crippen molar-refractivity contribution in [3.8, 4) is 5.75 Å². The number of halogens is 1. The van der Waals surface area contributed by atoms with Crippen LogP contribution in [0.3, 0.4) is 0 Å². The summed E-state index contributed by atoms with van der Waals surface area (Å²) in [4.78, 5) is 31.4. The zero-order chi connectivity index (χ0) is 24.4. The predicted molar refractivity (Wildman–Crippen MR) is 139 cm³/mol. The average Bonchev–Trinajstić information content (AvgIpc) is 3.14. The molecule has 1 atom stereocenters. The van der Waals surface area contributed by atoms with E-state index in [1.165, 1.54) is 12.7 Å². The molecule has 0 aromatic heterocycles. The number of esters is 1. The Kier molecular flexibility index (Phi) is 10.9. The van der Waals surface area contributed by atoms with Crippen LogP contribution in [0.2, 0.25) is 0 Å². The summed E-state index contributed by atoms with van der Waals surface area (Å²) in [7, 11) is 1.34. The van der Waals surface area contributed by atoms with Crippen LogP contribution in [0, 0.1) is 5.41 Å². The molecule has 1 unspecified atom stereocenters. The molecule has 1 heterocycles. The van der Waals surface area contributed by atoms with E-state index in [0.717, 1.165) is 18.4 Å². The van der Waals surface area contributed by atoms with Crippen LogP contribution in [0.5, 0.6) is 5.75 Å². The lowest BCUT2D eigenvalue weighted by atomic mass is 9.83. The number of amides is 1. The van der Waals surface area contributed by atoms with Gasteiger partial charge in [-0.05, 0) is 48.9 Å². The second kappa shape index (κ2) is 13.6. The molecule has 0 radical (unpaired) electrons. The van der Waals surface area contributed by atoms with Crippen molar-refractivity contribution in [1.82, 2.24) is 4.90 Å². The molecule has 3 rings (SSSR count). The SMILES string of the molecule is COC(=O)CC1(COc2ccc(CCN=C(N)N)cc2)CCN(CCCc2ccccc2)C1=O.Cl. The van der Waals surface area contributed by atoms with Crippen molar-refractivity contribution in [3.63, 3.8) is 0 Å².